The Balaban J connectivity index is 2.26. The number of anilines is 1. The van der Waals surface area contributed by atoms with E-state index in [1.54, 1.807) is 19.1 Å². The Morgan fingerprint density at radius 1 is 1.30 bits per heavy atom. The lowest BCUT2D eigenvalue weighted by molar-refractivity contribution is -0.126. The molecule has 1 heterocycles. The zero-order valence-corrected chi connectivity index (χ0v) is 14.2. The lowest BCUT2D eigenvalue weighted by atomic mass is 9.99. The van der Waals surface area contributed by atoms with Crippen molar-refractivity contribution < 1.29 is 18.0 Å². The molecule has 0 saturated carbocycles. The van der Waals surface area contributed by atoms with Gasteiger partial charge in [0.1, 0.15) is 6.04 Å². The molecular formula is C15H21N3O4S. The van der Waals surface area contributed by atoms with Crippen LogP contribution >= 0.6 is 0 Å². The number of nitrogens with one attached hydrogen (secondary N) is 2. The predicted octanol–water partition coefficient (Wildman–Crippen LogP) is 0.713. The second-order valence-electron chi connectivity index (χ2n) is 5.71. The van der Waals surface area contributed by atoms with Crippen LogP contribution in [0, 0.1) is 0 Å². The minimum Gasteiger partial charge on any atom is -0.345 e. The van der Waals surface area contributed by atoms with Crippen LogP contribution in [0.2, 0.25) is 0 Å². The van der Waals surface area contributed by atoms with Crippen LogP contribution in [-0.4, -0.2) is 32.3 Å². The Morgan fingerprint density at radius 3 is 2.61 bits per heavy atom. The van der Waals surface area contributed by atoms with Gasteiger partial charge in [-0.2, -0.15) is 8.42 Å². The molecule has 2 atom stereocenters. The van der Waals surface area contributed by atoms with Gasteiger partial charge in [-0.25, -0.2) is 4.72 Å². The molecule has 0 aliphatic carbocycles. The number of carbonyl (C=O) groups is 2. The van der Waals surface area contributed by atoms with Crippen molar-refractivity contribution in [3.63, 3.8) is 0 Å². The summed E-state index contributed by atoms with van der Waals surface area (Å²) in [4.78, 5) is 23.0. The van der Waals surface area contributed by atoms with E-state index in [2.05, 4.69) is 5.32 Å². The molecule has 0 saturated heterocycles. The summed E-state index contributed by atoms with van der Waals surface area (Å²) in [5.41, 5.74) is 1.51. The first kappa shape index (κ1) is 17.3. The molecule has 0 aromatic heterocycles. The van der Waals surface area contributed by atoms with E-state index in [0.717, 1.165) is 12.0 Å². The average molecular weight is 339 g/mol. The van der Waals surface area contributed by atoms with Gasteiger partial charge in [-0.1, -0.05) is 18.2 Å². The van der Waals surface area contributed by atoms with Crippen molar-refractivity contribution in [3.8, 4) is 0 Å². The summed E-state index contributed by atoms with van der Waals surface area (Å²) in [7, 11) is -4.04. The normalized spacial score (nSPS) is 18.7. The van der Waals surface area contributed by atoms with E-state index in [0.29, 0.717) is 12.1 Å². The molecule has 0 unspecified atom stereocenters. The molecule has 7 nitrogen and oxygen atoms in total. The fourth-order valence-corrected chi connectivity index (χ4v) is 4.20. The summed E-state index contributed by atoms with van der Waals surface area (Å²) >= 11 is 0. The fourth-order valence-electron chi connectivity index (χ4n) is 2.66. The van der Waals surface area contributed by atoms with Crippen LogP contribution < -0.4 is 14.3 Å². The van der Waals surface area contributed by atoms with Gasteiger partial charge >= 0.3 is 10.2 Å². The third-order valence-electron chi connectivity index (χ3n) is 3.76. The highest BCUT2D eigenvalue weighted by Gasteiger charge is 2.34. The maximum absolute atomic E-state index is 12.6. The Labute approximate surface area is 136 Å². The van der Waals surface area contributed by atoms with Crippen molar-refractivity contribution >= 4 is 27.7 Å². The summed E-state index contributed by atoms with van der Waals surface area (Å²) in [6.45, 7) is 4.50. The number of amides is 2. The first-order valence-electron chi connectivity index (χ1n) is 7.43. The number of fused-ring (bicyclic) bond motifs is 1. The summed E-state index contributed by atoms with van der Waals surface area (Å²) in [5, 5.41) is 2.36. The predicted molar refractivity (Wildman–Crippen MR) is 87.0 cm³/mol. The van der Waals surface area contributed by atoms with Crippen LogP contribution in [0.4, 0.5) is 5.69 Å². The number of rotatable bonds is 4. The van der Waals surface area contributed by atoms with E-state index in [1.807, 2.05) is 16.9 Å². The van der Waals surface area contributed by atoms with Crippen LogP contribution in [0.5, 0.6) is 0 Å². The van der Waals surface area contributed by atoms with Crippen molar-refractivity contribution in [2.45, 2.75) is 45.7 Å². The first-order valence-corrected chi connectivity index (χ1v) is 8.87. The Kier molecular flexibility index (Phi) is 4.93. The largest absolute Gasteiger partial charge is 0.345 e. The van der Waals surface area contributed by atoms with E-state index < -0.39 is 28.1 Å². The van der Waals surface area contributed by atoms with Gasteiger partial charge in [-0.15, -0.1) is 0 Å². The average Bonchev–Trinajstić information content (AvgIpc) is 2.45. The molecule has 1 aromatic carbocycles. The standard InChI is InChI=1S/C15H21N3O4S/c1-10-8-9-13-6-4-5-7-14(13)18(10)23(21,22)17-15(20)11(2)16-12(3)19/h4-7,10-11H,8-9H2,1-3H3,(H,16,19)(H,17,20)/t10-,11+/m0/s1. The van der Waals surface area contributed by atoms with E-state index in [-0.39, 0.29) is 6.04 Å². The number of hydrogen-bond acceptors (Lipinski definition) is 4. The molecule has 0 spiro atoms. The third kappa shape index (κ3) is 3.82. The van der Waals surface area contributed by atoms with Crippen molar-refractivity contribution in [1.29, 1.82) is 0 Å². The van der Waals surface area contributed by atoms with Gasteiger partial charge in [-0.3, -0.25) is 13.9 Å². The zero-order valence-electron chi connectivity index (χ0n) is 13.4. The summed E-state index contributed by atoms with van der Waals surface area (Å²) in [6, 6.07) is 6.04. The molecule has 0 radical (unpaired) electrons. The van der Waals surface area contributed by atoms with E-state index in [4.69, 9.17) is 0 Å². The van der Waals surface area contributed by atoms with Gasteiger partial charge < -0.3 is 5.32 Å². The first-order chi connectivity index (χ1) is 10.7. The molecule has 126 valence electrons. The fraction of sp³-hybridized carbons (Fsp3) is 0.467. The van der Waals surface area contributed by atoms with Crippen molar-refractivity contribution in [2.75, 3.05) is 4.31 Å². The molecule has 2 N–H and O–H groups in total. The van der Waals surface area contributed by atoms with E-state index >= 15 is 0 Å². The van der Waals surface area contributed by atoms with Gasteiger partial charge in [-0.05, 0) is 38.3 Å². The minimum absolute atomic E-state index is 0.258. The number of aryl methyl sites for hydroxylation is 1. The summed E-state index contributed by atoms with van der Waals surface area (Å²) in [5.74, 6) is -1.17. The van der Waals surface area contributed by atoms with Crippen LogP contribution in [0.15, 0.2) is 24.3 Å². The van der Waals surface area contributed by atoms with Crippen LogP contribution in [0.25, 0.3) is 0 Å². The van der Waals surface area contributed by atoms with Crippen LogP contribution in [-0.2, 0) is 26.2 Å². The maximum atomic E-state index is 12.6. The molecule has 2 rings (SSSR count). The number of nitrogens with zero attached hydrogens (tertiary/aromatic N) is 1. The monoisotopic (exact) mass is 339 g/mol. The highest BCUT2D eigenvalue weighted by molar-refractivity contribution is 7.91. The van der Waals surface area contributed by atoms with Gasteiger partial charge in [0.25, 0.3) is 5.91 Å². The highest BCUT2D eigenvalue weighted by atomic mass is 32.2. The van der Waals surface area contributed by atoms with Gasteiger partial charge in [0, 0.05) is 13.0 Å². The lowest BCUT2D eigenvalue weighted by Gasteiger charge is -2.35. The topological polar surface area (TPSA) is 95.6 Å². The molecule has 2 amide bonds. The quantitative estimate of drug-likeness (QED) is 0.845. The molecule has 0 bridgehead atoms. The second kappa shape index (κ2) is 6.57. The molecule has 23 heavy (non-hydrogen) atoms. The summed E-state index contributed by atoms with van der Waals surface area (Å²) in [6.07, 6.45) is 1.47. The molecule has 1 aliphatic rings. The van der Waals surface area contributed by atoms with Gasteiger partial charge in [0.05, 0.1) is 5.69 Å². The zero-order chi connectivity index (χ0) is 17.2. The molecular weight excluding hydrogens is 318 g/mol. The van der Waals surface area contributed by atoms with Gasteiger partial charge in [0.15, 0.2) is 0 Å². The van der Waals surface area contributed by atoms with E-state index in [1.165, 1.54) is 18.2 Å². The number of hydrogen-bond donors (Lipinski definition) is 2. The Hall–Kier alpha value is -2.09. The van der Waals surface area contributed by atoms with Gasteiger partial charge in [0.2, 0.25) is 5.91 Å². The lowest BCUT2D eigenvalue weighted by Crippen LogP contribution is -2.53. The van der Waals surface area contributed by atoms with Crippen molar-refractivity contribution in [3.05, 3.63) is 29.8 Å². The SMILES string of the molecule is CC(=O)N[C@H](C)C(=O)NS(=O)(=O)N1c2ccccc2CC[C@@H]1C. The smallest absolute Gasteiger partial charge is 0.326 e. The number of para-hydroxylation sites is 1. The van der Waals surface area contributed by atoms with E-state index in [9.17, 15) is 18.0 Å². The summed E-state index contributed by atoms with van der Waals surface area (Å²) < 4.78 is 28.6. The Morgan fingerprint density at radius 2 is 1.96 bits per heavy atom. The van der Waals surface area contributed by atoms with Crippen molar-refractivity contribution in [2.24, 2.45) is 0 Å². The molecule has 1 aliphatic heterocycles. The molecule has 0 fully saturated rings. The van der Waals surface area contributed by atoms with Crippen LogP contribution in [0.3, 0.4) is 0 Å². The molecule has 1 aromatic rings. The number of carbonyl (C=O) groups excluding carboxylic acids is 2. The number of benzene rings is 1. The third-order valence-corrected chi connectivity index (χ3v) is 5.30. The van der Waals surface area contributed by atoms with Crippen molar-refractivity contribution in [1.82, 2.24) is 10.0 Å². The maximum Gasteiger partial charge on any atom is 0.326 e. The highest BCUT2D eigenvalue weighted by Crippen LogP contribution is 2.32. The van der Waals surface area contributed by atoms with Crippen LogP contribution in [0.1, 0.15) is 32.8 Å². The Bertz CT molecular complexity index is 717. The minimum atomic E-state index is -4.04. The molecule has 8 heteroatoms. The second-order valence-corrected chi connectivity index (χ2v) is 7.25.